The molecule has 1 N–H and O–H groups in total. The average molecular weight is 498 g/mol. The maximum absolute atomic E-state index is 12.0. The van der Waals surface area contributed by atoms with Crippen LogP contribution in [-0.2, 0) is 4.74 Å². The van der Waals surface area contributed by atoms with Gasteiger partial charge in [0.2, 0.25) is 0 Å². The molecule has 0 saturated heterocycles. The van der Waals surface area contributed by atoms with Crippen LogP contribution < -0.4 is 10.1 Å². The number of fused-ring (bicyclic) bond motifs is 1. The third-order valence-electron chi connectivity index (χ3n) is 3.71. The summed E-state index contributed by atoms with van der Waals surface area (Å²) < 4.78 is 23.5. The Hall–Kier alpha value is -2.60. The topological polar surface area (TPSA) is 99.4 Å². The molecule has 0 fully saturated rings. The molecule has 146 valence electrons. The summed E-state index contributed by atoms with van der Waals surface area (Å²) in [6, 6.07) is 10.5. The van der Waals surface area contributed by atoms with Crippen LogP contribution in [0.3, 0.4) is 0 Å². The molecular weight excluding hydrogens is 482 g/mol. The molecule has 0 aliphatic rings. The van der Waals surface area contributed by atoms with Crippen LogP contribution in [0.25, 0.3) is 10.9 Å². The second kappa shape index (κ2) is 9.55. The van der Waals surface area contributed by atoms with E-state index in [9.17, 15) is 14.5 Å². The predicted octanol–water partition coefficient (Wildman–Crippen LogP) is 4.25. The van der Waals surface area contributed by atoms with Crippen LogP contribution in [0.1, 0.15) is 0 Å². The number of rotatable bonds is 9. The second-order valence-corrected chi connectivity index (χ2v) is 6.85. The third kappa shape index (κ3) is 5.01. The molecule has 3 rings (SSSR count). The van der Waals surface area contributed by atoms with E-state index in [4.69, 9.17) is 9.47 Å². The van der Waals surface area contributed by atoms with E-state index in [2.05, 4.69) is 37.9 Å². The number of anilines is 2. The van der Waals surface area contributed by atoms with E-state index in [1.165, 1.54) is 18.5 Å². The van der Waals surface area contributed by atoms with Gasteiger partial charge in [0.15, 0.2) is 5.75 Å². The number of halogens is 2. The zero-order valence-electron chi connectivity index (χ0n) is 14.6. The number of nitro benzene ring substituents is 1. The molecule has 10 heteroatoms. The van der Waals surface area contributed by atoms with Crippen molar-refractivity contribution in [2.45, 2.75) is 0 Å². The molecule has 0 spiro atoms. The van der Waals surface area contributed by atoms with E-state index in [0.29, 0.717) is 16.7 Å². The van der Waals surface area contributed by atoms with E-state index in [1.807, 2.05) is 24.3 Å². The van der Waals surface area contributed by atoms with Crippen molar-refractivity contribution in [3.05, 3.63) is 56.4 Å². The molecule has 0 aliphatic carbocycles. The summed E-state index contributed by atoms with van der Waals surface area (Å²) in [6.07, 6.45) is 1.37. The molecule has 8 nitrogen and oxygen atoms in total. The van der Waals surface area contributed by atoms with E-state index in [-0.39, 0.29) is 31.3 Å². The Morgan fingerprint density at radius 2 is 2.04 bits per heavy atom. The Morgan fingerprint density at radius 3 is 2.79 bits per heavy atom. The van der Waals surface area contributed by atoms with Gasteiger partial charge in [-0.25, -0.2) is 14.4 Å². The molecular formula is C18H16FIN4O4. The highest BCUT2D eigenvalue weighted by Crippen LogP contribution is 2.34. The highest BCUT2D eigenvalue weighted by atomic mass is 127. The summed E-state index contributed by atoms with van der Waals surface area (Å²) in [4.78, 5) is 19.4. The van der Waals surface area contributed by atoms with Crippen molar-refractivity contribution >= 4 is 50.7 Å². The van der Waals surface area contributed by atoms with Crippen LogP contribution in [0.15, 0.2) is 42.7 Å². The van der Waals surface area contributed by atoms with E-state index in [1.54, 1.807) is 0 Å². The third-order valence-corrected chi connectivity index (χ3v) is 4.38. The molecule has 1 aromatic heterocycles. The molecule has 0 saturated carbocycles. The van der Waals surface area contributed by atoms with Gasteiger partial charge in [-0.1, -0.05) is 6.07 Å². The highest BCUT2D eigenvalue weighted by molar-refractivity contribution is 14.1. The van der Waals surface area contributed by atoms with Crippen molar-refractivity contribution in [1.29, 1.82) is 0 Å². The summed E-state index contributed by atoms with van der Waals surface area (Å²) in [6.45, 7) is -0.444. The summed E-state index contributed by atoms with van der Waals surface area (Å²) in [5.74, 6) is 0.521. The fraction of sp³-hybridized carbons (Fsp3) is 0.222. The van der Waals surface area contributed by atoms with Gasteiger partial charge in [-0.2, -0.15) is 0 Å². The fourth-order valence-electron chi connectivity index (χ4n) is 2.50. The van der Waals surface area contributed by atoms with Crippen LogP contribution in [0.5, 0.6) is 5.75 Å². The molecule has 0 amide bonds. The van der Waals surface area contributed by atoms with Crippen LogP contribution in [0.2, 0.25) is 0 Å². The molecule has 0 radical (unpaired) electrons. The predicted molar refractivity (Wildman–Crippen MR) is 111 cm³/mol. The van der Waals surface area contributed by atoms with Gasteiger partial charge in [-0.05, 0) is 40.8 Å². The van der Waals surface area contributed by atoms with Gasteiger partial charge < -0.3 is 14.8 Å². The number of ether oxygens (including phenoxy) is 2. The van der Waals surface area contributed by atoms with Crippen LogP contribution in [0.4, 0.5) is 21.6 Å². The number of aromatic nitrogens is 2. The lowest BCUT2D eigenvalue weighted by Gasteiger charge is -2.11. The van der Waals surface area contributed by atoms with Gasteiger partial charge in [0, 0.05) is 21.4 Å². The largest absolute Gasteiger partial charge is 0.484 e. The molecule has 28 heavy (non-hydrogen) atoms. The summed E-state index contributed by atoms with van der Waals surface area (Å²) in [7, 11) is 0. The monoisotopic (exact) mass is 498 g/mol. The lowest BCUT2D eigenvalue weighted by Crippen LogP contribution is -2.09. The molecule has 3 aromatic rings. The van der Waals surface area contributed by atoms with Gasteiger partial charge >= 0.3 is 5.69 Å². The number of nitrogens with one attached hydrogen (secondary N) is 1. The van der Waals surface area contributed by atoms with Crippen molar-refractivity contribution in [3.63, 3.8) is 0 Å². The maximum Gasteiger partial charge on any atom is 0.311 e. The van der Waals surface area contributed by atoms with Crippen molar-refractivity contribution < 1.29 is 18.8 Å². The minimum Gasteiger partial charge on any atom is -0.484 e. The first-order valence-electron chi connectivity index (χ1n) is 8.30. The maximum atomic E-state index is 12.0. The molecule has 0 bridgehead atoms. The molecule has 0 atom stereocenters. The summed E-state index contributed by atoms with van der Waals surface area (Å²) in [5, 5.41) is 15.2. The van der Waals surface area contributed by atoms with E-state index < -0.39 is 11.6 Å². The Balaban J connectivity index is 1.91. The minimum absolute atomic E-state index is 0.0378. The zero-order valence-corrected chi connectivity index (χ0v) is 16.8. The summed E-state index contributed by atoms with van der Waals surface area (Å²) in [5.41, 5.74) is 1.09. The number of hydrogen-bond donors (Lipinski definition) is 1. The number of nitro groups is 1. The Kier molecular flexibility index (Phi) is 6.87. The first-order valence-corrected chi connectivity index (χ1v) is 9.38. The van der Waals surface area contributed by atoms with Gasteiger partial charge in [0.1, 0.15) is 25.4 Å². The molecule has 0 unspecified atom stereocenters. The number of alkyl halides is 1. The van der Waals surface area contributed by atoms with Gasteiger partial charge in [-0.15, -0.1) is 0 Å². The lowest BCUT2D eigenvalue weighted by atomic mass is 10.2. The Labute approximate surface area is 173 Å². The minimum atomic E-state index is -0.594. The van der Waals surface area contributed by atoms with Crippen molar-refractivity contribution in [2.75, 3.05) is 31.8 Å². The quantitative estimate of drug-likeness (QED) is 0.204. The van der Waals surface area contributed by atoms with Crippen molar-refractivity contribution in [3.8, 4) is 5.75 Å². The summed E-state index contributed by atoms with van der Waals surface area (Å²) >= 11 is 2.20. The highest BCUT2D eigenvalue weighted by Gasteiger charge is 2.19. The number of nitrogens with zero attached hydrogens (tertiary/aromatic N) is 3. The van der Waals surface area contributed by atoms with Gasteiger partial charge in [0.25, 0.3) is 0 Å². The van der Waals surface area contributed by atoms with Crippen LogP contribution in [-0.4, -0.2) is 41.4 Å². The fourth-order valence-corrected chi connectivity index (χ4v) is 3.04. The van der Waals surface area contributed by atoms with Crippen molar-refractivity contribution in [1.82, 2.24) is 9.97 Å². The molecule has 0 aliphatic heterocycles. The molecule has 2 aromatic carbocycles. The van der Waals surface area contributed by atoms with Gasteiger partial charge in [0.05, 0.1) is 29.0 Å². The van der Waals surface area contributed by atoms with E-state index in [0.717, 1.165) is 9.26 Å². The first-order chi connectivity index (χ1) is 13.6. The normalized spacial score (nSPS) is 10.8. The Morgan fingerprint density at radius 1 is 1.18 bits per heavy atom. The van der Waals surface area contributed by atoms with E-state index >= 15 is 0 Å². The number of hydrogen-bond acceptors (Lipinski definition) is 7. The Bertz CT molecular complexity index is 989. The average Bonchev–Trinajstić information content (AvgIpc) is 2.67. The zero-order chi connectivity index (χ0) is 19.9. The second-order valence-electron chi connectivity index (χ2n) is 5.60. The SMILES string of the molecule is O=[N+]([O-])c1cc2c(Nc3cccc(I)c3)ncnc2cc1OCCOCCF. The van der Waals surface area contributed by atoms with Crippen LogP contribution >= 0.6 is 22.6 Å². The lowest BCUT2D eigenvalue weighted by molar-refractivity contribution is -0.385. The number of benzene rings is 2. The first kappa shape index (κ1) is 20.1. The standard InChI is InChI=1S/C18H16FIN4O4/c19-4-5-27-6-7-28-17-10-15-14(9-16(17)24(25)26)18(22-11-21-15)23-13-3-1-2-12(20)8-13/h1-3,8-11H,4-7H2,(H,21,22,23). The smallest absolute Gasteiger partial charge is 0.311 e. The molecule has 1 heterocycles. The van der Waals surface area contributed by atoms with Gasteiger partial charge in [-0.3, -0.25) is 10.1 Å². The van der Waals surface area contributed by atoms with Crippen molar-refractivity contribution in [2.24, 2.45) is 0 Å². The van der Waals surface area contributed by atoms with Crippen LogP contribution in [0, 0.1) is 13.7 Å².